The molecule has 11 heteroatoms. The Bertz CT molecular complexity index is 1190. The van der Waals surface area contributed by atoms with E-state index in [1.807, 2.05) is 17.9 Å². The highest BCUT2D eigenvalue weighted by Gasteiger charge is 2.59. The molecule has 0 bridgehead atoms. The van der Waals surface area contributed by atoms with Gasteiger partial charge >= 0.3 is 5.97 Å². The maximum Gasteiger partial charge on any atom is 0.358 e. The van der Waals surface area contributed by atoms with Crippen molar-refractivity contribution in [1.82, 2.24) is 24.8 Å². The number of amides is 1. The van der Waals surface area contributed by atoms with Crippen molar-refractivity contribution in [2.75, 3.05) is 50.5 Å². The standard InChI is InChI=1S/C25H32ClN7O3/c1-15-12-25(15)14-32(22-20(26)30-19(13-28-22)24(35)36-3)10-11-33(25)17-6-8-31(9-7-17)23(34)18-5-4-16(2)29-21(18)27/h4-5,13,15,17H,6-12,14H2,1-3H3,(H2,27,29). The van der Waals surface area contributed by atoms with Crippen molar-refractivity contribution in [3.8, 4) is 0 Å². The van der Waals surface area contributed by atoms with Crippen LogP contribution in [-0.4, -0.2) is 88.0 Å². The Morgan fingerprint density at radius 3 is 2.50 bits per heavy atom. The second-order valence-electron chi connectivity index (χ2n) is 10.1. The molecule has 3 aliphatic rings. The molecule has 0 aromatic carbocycles. The number of halogens is 1. The highest BCUT2D eigenvalue weighted by molar-refractivity contribution is 6.31. The lowest BCUT2D eigenvalue weighted by molar-refractivity contribution is 0.0401. The van der Waals surface area contributed by atoms with E-state index in [4.69, 9.17) is 22.1 Å². The first-order chi connectivity index (χ1) is 17.2. The lowest BCUT2D eigenvalue weighted by atomic mass is 9.96. The summed E-state index contributed by atoms with van der Waals surface area (Å²) in [6, 6.07) is 4.02. The number of pyridine rings is 1. The van der Waals surface area contributed by atoms with Crippen LogP contribution in [0.5, 0.6) is 0 Å². The number of hydrogen-bond donors (Lipinski definition) is 1. The zero-order valence-corrected chi connectivity index (χ0v) is 21.7. The van der Waals surface area contributed by atoms with Gasteiger partial charge in [0.2, 0.25) is 0 Å². The van der Waals surface area contributed by atoms with E-state index in [0.717, 1.165) is 44.6 Å². The molecule has 2 unspecified atom stereocenters. The third-order valence-corrected chi connectivity index (χ3v) is 8.21. The van der Waals surface area contributed by atoms with Gasteiger partial charge in [0.05, 0.1) is 18.9 Å². The molecule has 1 aliphatic carbocycles. The molecule has 1 spiro atoms. The van der Waals surface area contributed by atoms with E-state index >= 15 is 0 Å². The van der Waals surface area contributed by atoms with E-state index in [1.54, 1.807) is 6.07 Å². The van der Waals surface area contributed by atoms with Gasteiger partial charge in [-0.1, -0.05) is 18.5 Å². The van der Waals surface area contributed by atoms with Crippen molar-refractivity contribution >= 4 is 35.1 Å². The molecule has 2 atom stereocenters. The Hall–Kier alpha value is -2.98. The average Bonchev–Trinajstić information content (AvgIpc) is 3.50. The summed E-state index contributed by atoms with van der Waals surface area (Å²) in [5.74, 6) is 0.859. The van der Waals surface area contributed by atoms with E-state index in [-0.39, 0.29) is 22.3 Å². The van der Waals surface area contributed by atoms with Crippen molar-refractivity contribution in [2.24, 2.45) is 5.92 Å². The Balaban J connectivity index is 1.25. The van der Waals surface area contributed by atoms with E-state index in [2.05, 4.69) is 31.7 Å². The van der Waals surface area contributed by atoms with Gasteiger partial charge in [-0.3, -0.25) is 9.69 Å². The molecule has 1 saturated carbocycles. The number of carbonyl (C=O) groups excluding carboxylic acids is 2. The van der Waals surface area contributed by atoms with Gasteiger partial charge in [0.15, 0.2) is 16.7 Å². The number of esters is 1. The molecule has 10 nitrogen and oxygen atoms in total. The van der Waals surface area contributed by atoms with Gasteiger partial charge in [0.1, 0.15) is 5.82 Å². The minimum Gasteiger partial charge on any atom is -0.464 e. The highest BCUT2D eigenvalue weighted by Crippen LogP contribution is 2.52. The summed E-state index contributed by atoms with van der Waals surface area (Å²) in [5, 5.41) is 0.214. The fourth-order valence-corrected chi connectivity index (χ4v) is 6.11. The van der Waals surface area contributed by atoms with Crippen LogP contribution in [-0.2, 0) is 4.74 Å². The molecule has 2 saturated heterocycles. The Morgan fingerprint density at radius 2 is 1.89 bits per heavy atom. The predicted octanol–water partition coefficient (Wildman–Crippen LogP) is 2.41. The molecule has 5 rings (SSSR count). The van der Waals surface area contributed by atoms with Gasteiger partial charge in [-0.25, -0.2) is 19.7 Å². The molecular weight excluding hydrogens is 482 g/mol. The first-order valence-electron chi connectivity index (χ1n) is 12.4. The van der Waals surface area contributed by atoms with Crippen molar-refractivity contribution in [3.05, 3.63) is 40.4 Å². The van der Waals surface area contributed by atoms with Crippen molar-refractivity contribution < 1.29 is 14.3 Å². The zero-order chi connectivity index (χ0) is 25.6. The smallest absolute Gasteiger partial charge is 0.358 e. The molecule has 0 radical (unpaired) electrons. The van der Waals surface area contributed by atoms with Gasteiger partial charge in [0, 0.05) is 50.0 Å². The van der Waals surface area contributed by atoms with Gasteiger partial charge in [-0.05, 0) is 44.2 Å². The Kier molecular flexibility index (Phi) is 6.50. The molecule has 4 heterocycles. The van der Waals surface area contributed by atoms with E-state index in [1.165, 1.54) is 13.3 Å². The summed E-state index contributed by atoms with van der Waals surface area (Å²) >= 11 is 6.43. The second-order valence-corrected chi connectivity index (χ2v) is 10.5. The summed E-state index contributed by atoms with van der Waals surface area (Å²) < 4.78 is 4.72. The lowest BCUT2D eigenvalue weighted by Gasteiger charge is -2.49. The normalized spacial score (nSPS) is 24.7. The highest BCUT2D eigenvalue weighted by atomic mass is 35.5. The van der Waals surface area contributed by atoms with Gasteiger partial charge in [-0.15, -0.1) is 0 Å². The number of aromatic nitrogens is 3. The molecule has 2 aromatic rings. The Labute approximate surface area is 215 Å². The maximum atomic E-state index is 13.1. The minimum atomic E-state index is -0.556. The number of rotatable bonds is 4. The van der Waals surface area contributed by atoms with Crippen LogP contribution in [0.3, 0.4) is 0 Å². The van der Waals surface area contributed by atoms with Crippen molar-refractivity contribution in [2.45, 2.75) is 44.7 Å². The van der Waals surface area contributed by atoms with E-state index < -0.39 is 5.97 Å². The number of ether oxygens (including phenoxy) is 1. The average molecular weight is 514 g/mol. The van der Waals surface area contributed by atoms with Gasteiger partial charge in [0.25, 0.3) is 5.91 Å². The molecule has 192 valence electrons. The number of anilines is 2. The topological polar surface area (TPSA) is 118 Å². The molecule has 36 heavy (non-hydrogen) atoms. The van der Waals surface area contributed by atoms with Crippen LogP contribution < -0.4 is 10.6 Å². The SMILES string of the molecule is COC(=O)c1cnc(N2CCN(C3CCN(C(=O)c4ccc(C)nc4N)CC3)C3(CC3C)C2)c(Cl)n1. The van der Waals surface area contributed by atoms with Crippen LogP contribution in [0.15, 0.2) is 18.3 Å². The van der Waals surface area contributed by atoms with E-state index in [9.17, 15) is 9.59 Å². The summed E-state index contributed by atoms with van der Waals surface area (Å²) in [6.07, 6.45) is 4.38. The van der Waals surface area contributed by atoms with Crippen LogP contribution in [0.4, 0.5) is 11.6 Å². The first-order valence-corrected chi connectivity index (χ1v) is 12.8. The number of piperidine rings is 1. The van der Waals surface area contributed by atoms with Crippen LogP contribution in [0.2, 0.25) is 5.15 Å². The number of piperazine rings is 1. The quantitative estimate of drug-likeness (QED) is 0.615. The molecular formula is C25H32ClN7O3. The van der Waals surface area contributed by atoms with Crippen LogP contribution in [0.1, 0.15) is 52.7 Å². The van der Waals surface area contributed by atoms with Crippen LogP contribution >= 0.6 is 11.6 Å². The van der Waals surface area contributed by atoms with Gasteiger partial charge < -0.3 is 20.3 Å². The minimum absolute atomic E-state index is 0.0404. The first kappa shape index (κ1) is 24.7. The summed E-state index contributed by atoms with van der Waals surface area (Å²) in [4.78, 5) is 44.5. The van der Waals surface area contributed by atoms with Crippen LogP contribution in [0, 0.1) is 12.8 Å². The molecule has 2 aromatic heterocycles. The van der Waals surface area contributed by atoms with Crippen molar-refractivity contribution in [3.63, 3.8) is 0 Å². The van der Waals surface area contributed by atoms with E-state index in [0.29, 0.717) is 42.2 Å². The lowest BCUT2D eigenvalue weighted by Crippen LogP contribution is -2.61. The summed E-state index contributed by atoms with van der Waals surface area (Å²) in [5.41, 5.74) is 7.47. The third kappa shape index (κ3) is 4.37. The number of hydrogen-bond acceptors (Lipinski definition) is 9. The fourth-order valence-electron chi connectivity index (χ4n) is 5.85. The fraction of sp³-hybridized carbons (Fsp3) is 0.560. The number of methoxy groups -OCH3 is 1. The summed E-state index contributed by atoms with van der Waals surface area (Å²) in [7, 11) is 1.30. The maximum absolute atomic E-state index is 13.1. The predicted molar refractivity (Wildman–Crippen MR) is 136 cm³/mol. The zero-order valence-electron chi connectivity index (χ0n) is 20.9. The monoisotopic (exact) mass is 513 g/mol. The largest absolute Gasteiger partial charge is 0.464 e. The summed E-state index contributed by atoms with van der Waals surface area (Å²) in [6.45, 7) is 8.02. The second kappa shape index (κ2) is 9.48. The van der Waals surface area contributed by atoms with Gasteiger partial charge in [-0.2, -0.15) is 0 Å². The van der Waals surface area contributed by atoms with Crippen LogP contribution in [0.25, 0.3) is 0 Å². The molecule has 3 fully saturated rings. The number of carbonyl (C=O) groups is 2. The number of nitrogen functional groups attached to an aromatic ring is 1. The number of aryl methyl sites for hydroxylation is 1. The number of nitrogens with two attached hydrogens (primary N) is 1. The molecule has 2 aliphatic heterocycles. The number of likely N-dealkylation sites (tertiary alicyclic amines) is 1. The molecule has 1 amide bonds. The van der Waals surface area contributed by atoms with Crippen molar-refractivity contribution in [1.29, 1.82) is 0 Å². The third-order valence-electron chi connectivity index (χ3n) is 7.96. The molecule has 2 N–H and O–H groups in total. The number of nitrogens with zero attached hydrogens (tertiary/aromatic N) is 6. The Morgan fingerprint density at radius 1 is 1.17 bits per heavy atom.